The summed E-state index contributed by atoms with van der Waals surface area (Å²) in [4.78, 5) is 36.8. The molecule has 2 aliphatic rings. The zero-order valence-electron chi connectivity index (χ0n) is 17.8. The second-order valence-electron chi connectivity index (χ2n) is 8.79. The highest BCUT2D eigenvalue weighted by Crippen LogP contribution is 2.38. The Morgan fingerprint density at radius 2 is 1.67 bits per heavy atom. The molecule has 158 valence electrons. The lowest BCUT2D eigenvalue weighted by atomic mass is 9.85. The van der Waals surface area contributed by atoms with E-state index in [1.165, 1.54) is 10.5 Å². The summed E-state index contributed by atoms with van der Waals surface area (Å²) in [5.74, 6) is 0.244. The maximum absolute atomic E-state index is 13.6. The van der Waals surface area contributed by atoms with Crippen molar-refractivity contribution < 1.29 is 9.59 Å². The Labute approximate surface area is 178 Å². The molecule has 1 spiro atoms. The van der Waals surface area contributed by atoms with E-state index >= 15 is 0 Å². The molecular weight excluding hydrogens is 376 g/mol. The lowest BCUT2D eigenvalue weighted by Crippen LogP contribution is -2.57. The van der Waals surface area contributed by atoms with Crippen LogP contribution in [0.25, 0.3) is 0 Å². The number of imide groups is 1. The fourth-order valence-electron chi connectivity index (χ4n) is 4.60. The van der Waals surface area contributed by atoms with Crippen LogP contribution >= 0.6 is 0 Å². The third-order valence-electron chi connectivity index (χ3n) is 6.15. The molecule has 30 heavy (non-hydrogen) atoms. The third kappa shape index (κ3) is 3.97. The molecule has 6 nitrogen and oxygen atoms in total. The second kappa shape index (κ2) is 8.56. The molecule has 0 radical (unpaired) electrons. The molecule has 2 fully saturated rings. The van der Waals surface area contributed by atoms with Gasteiger partial charge in [0.1, 0.15) is 5.54 Å². The van der Waals surface area contributed by atoms with Crippen LogP contribution in [0.1, 0.15) is 37.9 Å². The molecule has 1 aromatic carbocycles. The van der Waals surface area contributed by atoms with Gasteiger partial charge in [-0.1, -0.05) is 50.2 Å². The predicted octanol–water partition coefficient (Wildman–Crippen LogP) is 3.54. The van der Waals surface area contributed by atoms with E-state index in [1.807, 2.05) is 29.2 Å². The van der Waals surface area contributed by atoms with Crippen LogP contribution in [0.2, 0.25) is 0 Å². The lowest BCUT2D eigenvalue weighted by molar-refractivity contribution is -0.136. The molecule has 0 saturated carbocycles. The van der Waals surface area contributed by atoms with Gasteiger partial charge in [-0.2, -0.15) is 0 Å². The van der Waals surface area contributed by atoms with E-state index < -0.39 is 5.54 Å². The standard InChI is InChI=1S/C24H30N4O2/c1-19(2)16-28-23(30)27(18-21-10-6-7-13-25-21)22(29)24(28)11-14-26(15-12-24)17-20-8-4-3-5-9-20/h3-10,13,19H,11-12,14-18H2,1-2H3. The van der Waals surface area contributed by atoms with Gasteiger partial charge in [-0.15, -0.1) is 0 Å². The summed E-state index contributed by atoms with van der Waals surface area (Å²) in [5.41, 5.74) is 1.30. The number of carbonyl (C=O) groups is 2. The number of amides is 3. The van der Waals surface area contributed by atoms with E-state index in [1.54, 1.807) is 6.20 Å². The Morgan fingerprint density at radius 1 is 0.967 bits per heavy atom. The van der Waals surface area contributed by atoms with Crippen molar-refractivity contribution in [1.29, 1.82) is 0 Å². The molecule has 0 N–H and O–H groups in total. The smallest absolute Gasteiger partial charge is 0.309 e. The topological polar surface area (TPSA) is 56.8 Å². The van der Waals surface area contributed by atoms with Crippen molar-refractivity contribution >= 4 is 11.9 Å². The van der Waals surface area contributed by atoms with Crippen molar-refractivity contribution in [2.45, 2.75) is 45.3 Å². The van der Waals surface area contributed by atoms with E-state index in [4.69, 9.17) is 0 Å². The van der Waals surface area contributed by atoms with Gasteiger partial charge in [0, 0.05) is 32.4 Å². The van der Waals surface area contributed by atoms with Crippen LogP contribution in [-0.2, 0) is 17.9 Å². The van der Waals surface area contributed by atoms with Crippen LogP contribution in [0.3, 0.4) is 0 Å². The summed E-state index contributed by atoms with van der Waals surface area (Å²) in [5, 5.41) is 0. The van der Waals surface area contributed by atoms with Crippen molar-refractivity contribution in [2.75, 3.05) is 19.6 Å². The quantitative estimate of drug-likeness (QED) is 0.689. The maximum Gasteiger partial charge on any atom is 0.328 e. The highest BCUT2D eigenvalue weighted by atomic mass is 16.2. The van der Waals surface area contributed by atoms with E-state index in [-0.39, 0.29) is 18.5 Å². The third-order valence-corrected chi connectivity index (χ3v) is 6.15. The Kier molecular flexibility index (Phi) is 5.86. The zero-order valence-corrected chi connectivity index (χ0v) is 17.8. The molecule has 4 rings (SSSR count). The number of aromatic nitrogens is 1. The average Bonchev–Trinajstić information content (AvgIpc) is 2.93. The maximum atomic E-state index is 13.6. The van der Waals surface area contributed by atoms with Gasteiger partial charge in [0.25, 0.3) is 5.91 Å². The Hall–Kier alpha value is -2.73. The second-order valence-corrected chi connectivity index (χ2v) is 8.79. The van der Waals surface area contributed by atoms with Gasteiger partial charge < -0.3 is 4.90 Å². The molecule has 0 atom stereocenters. The fraction of sp³-hybridized carbons (Fsp3) is 0.458. The van der Waals surface area contributed by atoms with Crippen molar-refractivity contribution in [1.82, 2.24) is 19.7 Å². The zero-order chi connectivity index (χ0) is 21.1. The summed E-state index contributed by atoms with van der Waals surface area (Å²) in [6, 6.07) is 15.8. The van der Waals surface area contributed by atoms with Crippen LogP contribution in [0.5, 0.6) is 0 Å². The molecule has 0 aliphatic carbocycles. The minimum Gasteiger partial charge on any atom is -0.309 e. The summed E-state index contributed by atoms with van der Waals surface area (Å²) in [7, 11) is 0. The minimum absolute atomic E-state index is 0.0573. The number of hydrogen-bond acceptors (Lipinski definition) is 4. The monoisotopic (exact) mass is 406 g/mol. The van der Waals surface area contributed by atoms with Crippen molar-refractivity contribution in [3.05, 3.63) is 66.0 Å². The van der Waals surface area contributed by atoms with Crippen molar-refractivity contribution in [2.24, 2.45) is 5.92 Å². The fourth-order valence-corrected chi connectivity index (χ4v) is 4.60. The number of hydrogen-bond donors (Lipinski definition) is 0. The van der Waals surface area contributed by atoms with Crippen molar-refractivity contribution in [3.8, 4) is 0 Å². The first kappa shape index (κ1) is 20.5. The van der Waals surface area contributed by atoms with Gasteiger partial charge >= 0.3 is 6.03 Å². The molecule has 6 heteroatoms. The Bertz CT molecular complexity index is 877. The summed E-state index contributed by atoms with van der Waals surface area (Å²) < 4.78 is 0. The number of piperidine rings is 1. The molecule has 1 aromatic heterocycles. The van der Waals surface area contributed by atoms with Crippen LogP contribution in [0.15, 0.2) is 54.7 Å². The van der Waals surface area contributed by atoms with Crippen LogP contribution in [-0.4, -0.2) is 56.8 Å². The van der Waals surface area contributed by atoms with Crippen LogP contribution < -0.4 is 0 Å². The first-order valence-corrected chi connectivity index (χ1v) is 10.8. The normalized spacial score (nSPS) is 19.3. The van der Waals surface area contributed by atoms with Gasteiger partial charge in [0.05, 0.1) is 12.2 Å². The predicted molar refractivity (Wildman–Crippen MR) is 115 cm³/mol. The number of carbonyl (C=O) groups excluding carboxylic acids is 2. The van der Waals surface area contributed by atoms with E-state index in [0.717, 1.165) is 25.3 Å². The van der Waals surface area contributed by atoms with Gasteiger partial charge in [-0.3, -0.25) is 19.6 Å². The SMILES string of the molecule is CC(C)CN1C(=O)N(Cc2ccccn2)C(=O)C12CCN(Cc1ccccc1)CC2. The molecule has 0 bridgehead atoms. The Morgan fingerprint density at radius 3 is 2.30 bits per heavy atom. The van der Waals surface area contributed by atoms with Gasteiger partial charge in [0.15, 0.2) is 0 Å². The highest BCUT2D eigenvalue weighted by molar-refractivity contribution is 6.07. The van der Waals surface area contributed by atoms with Crippen molar-refractivity contribution in [3.63, 3.8) is 0 Å². The number of urea groups is 1. The van der Waals surface area contributed by atoms with E-state index in [9.17, 15) is 9.59 Å². The minimum atomic E-state index is -0.719. The van der Waals surface area contributed by atoms with Gasteiger partial charge in [0.2, 0.25) is 0 Å². The van der Waals surface area contributed by atoms with Gasteiger partial charge in [-0.25, -0.2) is 4.79 Å². The first-order chi connectivity index (χ1) is 14.5. The summed E-state index contributed by atoms with van der Waals surface area (Å²) in [6.45, 7) is 7.51. The Balaban J connectivity index is 1.52. The molecule has 3 heterocycles. The molecule has 0 unspecified atom stereocenters. The molecule has 2 aromatic rings. The summed E-state index contributed by atoms with van der Waals surface area (Å²) in [6.07, 6.45) is 3.05. The lowest BCUT2D eigenvalue weighted by Gasteiger charge is -2.42. The largest absolute Gasteiger partial charge is 0.328 e. The van der Waals surface area contributed by atoms with E-state index in [2.05, 4.69) is 48.0 Å². The number of benzene rings is 1. The van der Waals surface area contributed by atoms with E-state index in [0.29, 0.717) is 25.3 Å². The number of rotatable bonds is 6. The molecule has 2 aliphatic heterocycles. The first-order valence-electron chi connectivity index (χ1n) is 10.8. The summed E-state index contributed by atoms with van der Waals surface area (Å²) >= 11 is 0. The average molecular weight is 407 g/mol. The molecular formula is C24H30N4O2. The number of pyridine rings is 1. The van der Waals surface area contributed by atoms with Gasteiger partial charge in [-0.05, 0) is 36.5 Å². The van der Waals surface area contributed by atoms with Crippen LogP contribution in [0, 0.1) is 5.92 Å². The number of likely N-dealkylation sites (tertiary alicyclic amines) is 1. The molecule has 2 saturated heterocycles. The highest BCUT2D eigenvalue weighted by Gasteiger charge is 2.57. The van der Waals surface area contributed by atoms with Crippen LogP contribution in [0.4, 0.5) is 4.79 Å². The number of nitrogens with zero attached hydrogens (tertiary/aromatic N) is 4. The molecule has 3 amide bonds.